The van der Waals surface area contributed by atoms with Gasteiger partial charge in [-0.15, -0.1) is 0 Å². The van der Waals surface area contributed by atoms with Gasteiger partial charge in [-0.05, 0) is 60.9 Å². The van der Waals surface area contributed by atoms with E-state index >= 15 is 0 Å². The van der Waals surface area contributed by atoms with Crippen molar-refractivity contribution in [2.75, 3.05) is 17.4 Å². The van der Waals surface area contributed by atoms with Crippen LogP contribution in [0.15, 0.2) is 77.7 Å². The van der Waals surface area contributed by atoms with Gasteiger partial charge in [-0.2, -0.15) is 0 Å². The summed E-state index contributed by atoms with van der Waals surface area (Å²) >= 11 is 12.4. The number of hydrogen-bond acceptors (Lipinski definition) is 4. The smallest absolute Gasteiger partial charge is 0.264 e. The highest BCUT2D eigenvalue weighted by molar-refractivity contribution is 7.92. The van der Waals surface area contributed by atoms with Crippen molar-refractivity contribution in [2.45, 2.75) is 38.3 Å². The molecule has 0 saturated carbocycles. The highest BCUT2D eigenvalue weighted by Crippen LogP contribution is 2.30. The molecule has 2 amide bonds. The van der Waals surface area contributed by atoms with Crippen LogP contribution in [-0.4, -0.2) is 44.3 Å². The van der Waals surface area contributed by atoms with Gasteiger partial charge in [0.25, 0.3) is 10.0 Å². The summed E-state index contributed by atoms with van der Waals surface area (Å²) in [6.07, 6.45) is 0. The van der Waals surface area contributed by atoms with E-state index in [2.05, 4.69) is 5.32 Å². The molecule has 3 aromatic carbocycles. The number of nitrogens with zero attached hydrogens (tertiary/aromatic N) is 2. The Hall–Kier alpha value is -3.14. The Morgan fingerprint density at radius 3 is 2.08 bits per heavy atom. The van der Waals surface area contributed by atoms with Gasteiger partial charge in [0.2, 0.25) is 11.8 Å². The Labute approximate surface area is 238 Å². The zero-order chi connectivity index (χ0) is 28.7. The zero-order valence-electron chi connectivity index (χ0n) is 21.8. The maximum absolute atomic E-state index is 13.8. The lowest BCUT2D eigenvalue weighted by molar-refractivity contribution is -0.139. The molecule has 0 aliphatic carbocycles. The van der Waals surface area contributed by atoms with Gasteiger partial charge in [0.05, 0.1) is 10.6 Å². The molecule has 1 N–H and O–H groups in total. The van der Waals surface area contributed by atoms with E-state index in [1.165, 1.54) is 59.5 Å². The molecule has 7 nitrogen and oxygen atoms in total. The van der Waals surface area contributed by atoms with Crippen molar-refractivity contribution in [3.8, 4) is 0 Å². The van der Waals surface area contributed by atoms with Crippen LogP contribution in [0.25, 0.3) is 0 Å². The molecule has 3 aromatic rings. The van der Waals surface area contributed by atoms with Crippen LogP contribution in [0.3, 0.4) is 0 Å². The van der Waals surface area contributed by atoms with Crippen molar-refractivity contribution in [1.82, 2.24) is 10.2 Å². The molecular formula is C28H30Cl2FN3O4S. The van der Waals surface area contributed by atoms with E-state index in [-0.39, 0.29) is 33.1 Å². The van der Waals surface area contributed by atoms with Gasteiger partial charge in [0, 0.05) is 23.1 Å². The van der Waals surface area contributed by atoms with Crippen molar-refractivity contribution < 1.29 is 22.4 Å². The Morgan fingerprint density at radius 2 is 1.51 bits per heavy atom. The first kappa shape index (κ1) is 30.4. The minimum Gasteiger partial charge on any atom is -0.354 e. The third kappa shape index (κ3) is 8.17. The largest absolute Gasteiger partial charge is 0.354 e. The summed E-state index contributed by atoms with van der Waals surface area (Å²) < 4.78 is 41.9. The topological polar surface area (TPSA) is 86.8 Å². The summed E-state index contributed by atoms with van der Waals surface area (Å²) in [5.41, 5.74) is 0.653. The molecule has 0 fully saturated rings. The Kier molecular flexibility index (Phi) is 10.4. The maximum Gasteiger partial charge on any atom is 0.264 e. The normalized spacial score (nSPS) is 12.2. The quantitative estimate of drug-likeness (QED) is 0.317. The van der Waals surface area contributed by atoms with E-state index < -0.39 is 40.2 Å². The molecule has 3 rings (SSSR count). The van der Waals surface area contributed by atoms with Gasteiger partial charge < -0.3 is 10.2 Å². The molecule has 0 bridgehead atoms. The average molecular weight is 595 g/mol. The number of anilines is 1. The third-order valence-electron chi connectivity index (χ3n) is 5.86. The van der Waals surface area contributed by atoms with Crippen molar-refractivity contribution in [3.05, 3.63) is 94.2 Å². The fraction of sp³-hybridized carbons (Fsp3) is 0.286. The number of amides is 2. The summed E-state index contributed by atoms with van der Waals surface area (Å²) in [6.45, 7) is 5.14. The van der Waals surface area contributed by atoms with Crippen LogP contribution in [0.2, 0.25) is 10.0 Å². The summed E-state index contributed by atoms with van der Waals surface area (Å²) in [6, 6.07) is 16.4. The van der Waals surface area contributed by atoms with Gasteiger partial charge in [0.15, 0.2) is 0 Å². The van der Waals surface area contributed by atoms with E-state index in [0.717, 1.165) is 4.31 Å². The van der Waals surface area contributed by atoms with Gasteiger partial charge in [0.1, 0.15) is 18.4 Å². The van der Waals surface area contributed by atoms with E-state index in [1.54, 1.807) is 25.1 Å². The Balaban J connectivity index is 2.03. The molecule has 0 heterocycles. The molecule has 0 saturated heterocycles. The van der Waals surface area contributed by atoms with Crippen LogP contribution < -0.4 is 9.62 Å². The molecule has 0 spiro atoms. The molecule has 11 heteroatoms. The van der Waals surface area contributed by atoms with Crippen LogP contribution in [0.4, 0.5) is 10.1 Å². The molecule has 208 valence electrons. The van der Waals surface area contributed by atoms with Crippen LogP contribution in [-0.2, 0) is 26.2 Å². The maximum atomic E-state index is 13.8. The van der Waals surface area contributed by atoms with E-state index in [1.807, 2.05) is 13.8 Å². The highest BCUT2D eigenvalue weighted by atomic mass is 35.5. The number of benzene rings is 3. The molecule has 0 aliphatic heterocycles. The van der Waals surface area contributed by atoms with Crippen molar-refractivity contribution in [2.24, 2.45) is 5.92 Å². The summed E-state index contributed by atoms with van der Waals surface area (Å²) in [4.78, 5) is 28.0. The number of hydrogen-bond donors (Lipinski definition) is 1. The monoisotopic (exact) mass is 593 g/mol. The molecule has 0 aliphatic rings. The molecule has 0 radical (unpaired) electrons. The molecule has 39 heavy (non-hydrogen) atoms. The minimum absolute atomic E-state index is 0.0401. The van der Waals surface area contributed by atoms with Crippen LogP contribution in [0, 0.1) is 11.7 Å². The number of nitrogens with one attached hydrogen (secondary N) is 1. The number of carbonyl (C=O) groups excluding carboxylic acids is 2. The fourth-order valence-electron chi connectivity index (χ4n) is 3.75. The second kappa shape index (κ2) is 13.3. The standard InChI is InChI=1S/C28H30Cl2FN3O4S/c1-19(2)16-32-28(36)20(3)33(17-21-9-11-24(31)12-10-21)27(35)18-34(25-14-22(29)13-23(30)15-25)39(37,38)26-7-5-4-6-8-26/h4-15,19-20H,16-18H2,1-3H3,(H,32,36)/t20-/m0/s1. The molecule has 0 aromatic heterocycles. The van der Waals surface area contributed by atoms with Crippen molar-refractivity contribution in [3.63, 3.8) is 0 Å². The lowest BCUT2D eigenvalue weighted by atomic mass is 10.1. The third-order valence-corrected chi connectivity index (χ3v) is 8.09. The summed E-state index contributed by atoms with van der Waals surface area (Å²) in [5.74, 6) is -1.32. The van der Waals surface area contributed by atoms with Crippen molar-refractivity contribution >= 4 is 50.7 Å². The molecule has 0 unspecified atom stereocenters. The summed E-state index contributed by atoms with van der Waals surface area (Å²) in [5, 5.41) is 3.17. The zero-order valence-corrected chi connectivity index (χ0v) is 24.1. The average Bonchev–Trinajstić information content (AvgIpc) is 2.89. The molecular weight excluding hydrogens is 564 g/mol. The van der Waals surface area contributed by atoms with Crippen LogP contribution >= 0.6 is 23.2 Å². The van der Waals surface area contributed by atoms with Gasteiger partial charge in [-0.3, -0.25) is 13.9 Å². The number of halogens is 3. The van der Waals surface area contributed by atoms with Gasteiger partial charge >= 0.3 is 0 Å². The lowest BCUT2D eigenvalue weighted by Gasteiger charge is -2.32. The first-order valence-electron chi connectivity index (χ1n) is 12.2. The second-order valence-corrected chi connectivity index (χ2v) is 12.2. The predicted octanol–water partition coefficient (Wildman–Crippen LogP) is 5.52. The van der Waals surface area contributed by atoms with Crippen molar-refractivity contribution in [1.29, 1.82) is 0 Å². The Bertz CT molecular complexity index is 1380. The first-order valence-corrected chi connectivity index (χ1v) is 14.4. The SMILES string of the molecule is CC(C)CNC(=O)[C@H](C)N(Cc1ccc(F)cc1)C(=O)CN(c1cc(Cl)cc(Cl)c1)S(=O)(=O)c1ccccc1. The lowest BCUT2D eigenvalue weighted by Crippen LogP contribution is -2.51. The second-order valence-electron chi connectivity index (χ2n) is 9.42. The van der Waals surface area contributed by atoms with Gasteiger partial charge in [-0.1, -0.05) is 67.4 Å². The number of sulfonamides is 1. The number of rotatable bonds is 11. The summed E-state index contributed by atoms with van der Waals surface area (Å²) in [7, 11) is -4.24. The molecule has 1 atom stereocenters. The fourth-order valence-corrected chi connectivity index (χ4v) is 5.69. The van der Waals surface area contributed by atoms with Crippen LogP contribution in [0.1, 0.15) is 26.3 Å². The van der Waals surface area contributed by atoms with Crippen LogP contribution in [0.5, 0.6) is 0 Å². The Morgan fingerprint density at radius 1 is 0.923 bits per heavy atom. The highest BCUT2D eigenvalue weighted by Gasteiger charge is 2.32. The number of carbonyl (C=O) groups is 2. The van der Waals surface area contributed by atoms with E-state index in [0.29, 0.717) is 12.1 Å². The first-order chi connectivity index (χ1) is 18.4. The van der Waals surface area contributed by atoms with Gasteiger partial charge in [-0.25, -0.2) is 12.8 Å². The predicted molar refractivity (Wildman–Crippen MR) is 152 cm³/mol. The van der Waals surface area contributed by atoms with E-state index in [9.17, 15) is 22.4 Å². The minimum atomic E-state index is -4.24. The van der Waals surface area contributed by atoms with E-state index in [4.69, 9.17) is 23.2 Å².